The molecule has 2 aromatic rings. The summed E-state index contributed by atoms with van der Waals surface area (Å²) >= 11 is 0. The molecule has 1 heterocycles. The highest BCUT2D eigenvalue weighted by Gasteiger charge is 2.35. The molecular weight excluding hydrogens is 214 g/mol. The van der Waals surface area contributed by atoms with Crippen LogP contribution in [0.25, 0.3) is 10.8 Å². The Kier molecular flexibility index (Phi) is 2.31. The summed E-state index contributed by atoms with van der Waals surface area (Å²) in [7, 11) is 1.68. The first-order valence-corrected chi connectivity index (χ1v) is 5.66. The van der Waals surface area contributed by atoms with Crippen molar-refractivity contribution in [2.75, 3.05) is 20.3 Å². The number of fused-ring (bicyclic) bond motifs is 1. The Morgan fingerprint density at radius 2 is 1.82 bits per heavy atom. The summed E-state index contributed by atoms with van der Waals surface area (Å²) in [5.41, 5.74) is 7.06. The van der Waals surface area contributed by atoms with Crippen molar-refractivity contribution in [2.45, 2.75) is 5.54 Å². The fraction of sp³-hybridized carbons (Fsp3) is 0.286. The van der Waals surface area contributed by atoms with Gasteiger partial charge in [0.15, 0.2) is 0 Å². The molecule has 2 aromatic carbocycles. The lowest BCUT2D eigenvalue weighted by molar-refractivity contribution is -0.0568. The van der Waals surface area contributed by atoms with Crippen LogP contribution in [-0.2, 0) is 10.3 Å². The van der Waals surface area contributed by atoms with Crippen molar-refractivity contribution in [1.29, 1.82) is 0 Å². The third-order valence-corrected chi connectivity index (χ3v) is 3.34. The van der Waals surface area contributed by atoms with Crippen LogP contribution in [0.2, 0.25) is 0 Å². The molecule has 0 spiro atoms. The van der Waals surface area contributed by atoms with Crippen molar-refractivity contribution in [3.8, 4) is 5.75 Å². The Morgan fingerprint density at radius 1 is 1.12 bits per heavy atom. The molecule has 3 nitrogen and oxygen atoms in total. The standard InChI is InChI=1S/C14H15NO2/c1-16-13-5-3-10-6-12(4-2-11(10)7-13)14(15)8-17-9-14/h2-7H,8-9,15H2,1H3. The van der Waals surface area contributed by atoms with Gasteiger partial charge in [-0.3, -0.25) is 0 Å². The highest BCUT2D eigenvalue weighted by Crippen LogP contribution is 2.30. The number of nitrogens with two attached hydrogens (primary N) is 1. The predicted octanol–water partition coefficient (Wildman–Crippen LogP) is 2.03. The highest BCUT2D eigenvalue weighted by molar-refractivity contribution is 5.84. The van der Waals surface area contributed by atoms with Gasteiger partial charge in [-0.05, 0) is 34.5 Å². The van der Waals surface area contributed by atoms with E-state index < -0.39 is 0 Å². The number of hydrogen-bond donors (Lipinski definition) is 1. The summed E-state index contributed by atoms with van der Waals surface area (Å²) in [6.07, 6.45) is 0. The second kappa shape index (κ2) is 3.72. The van der Waals surface area contributed by atoms with Crippen molar-refractivity contribution >= 4 is 10.8 Å². The summed E-state index contributed by atoms with van der Waals surface area (Å²) in [4.78, 5) is 0. The predicted molar refractivity (Wildman–Crippen MR) is 67.2 cm³/mol. The van der Waals surface area contributed by atoms with Crippen molar-refractivity contribution in [2.24, 2.45) is 5.73 Å². The van der Waals surface area contributed by atoms with Crippen LogP contribution in [-0.4, -0.2) is 20.3 Å². The van der Waals surface area contributed by atoms with Gasteiger partial charge in [-0.1, -0.05) is 18.2 Å². The average Bonchev–Trinajstić information content (AvgIpc) is 2.34. The van der Waals surface area contributed by atoms with Crippen LogP contribution >= 0.6 is 0 Å². The largest absolute Gasteiger partial charge is 0.497 e. The number of methoxy groups -OCH3 is 1. The fourth-order valence-electron chi connectivity index (χ4n) is 2.15. The van der Waals surface area contributed by atoms with Crippen LogP contribution in [0.5, 0.6) is 5.75 Å². The fourth-order valence-corrected chi connectivity index (χ4v) is 2.15. The van der Waals surface area contributed by atoms with Gasteiger partial charge in [0.2, 0.25) is 0 Å². The summed E-state index contributed by atoms with van der Waals surface area (Å²) in [5.74, 6) is 0.875. The number of hydrogen-bond acceptors (Lipinski definition) is 3. The molecule has 0 bridgehead atoms. The molecule has 1 aliphatic rings. The van der Waals surface area contributed by atoms with E-state index in [1.807, 2.05) is 12.1 Å². The van der Waals surface area contributed by atoms with Gasteiger partial charge in [0.25, 0.3) is 0 Å². The molecule has 17 heavy (non-hydrogen) atoms. The summed E-state index contributed by atoms with van der Waals surface area (Å²) in [5, 5.41) is 2.34. The molecule has 88 valence electrons. The van der Waals surface area contributed by atoms with Gasteiger partial charge in [-0.25, -0.2) is 0 Å². The molecule has 0 aliphatic carbocycles. The van der Waals surface area contributed by atoms with E-state index >= 15 is 0 Å². The Hall–Kier alpha value is -1.58. The van der Waals surface area contributed by atoms with Gasteiger partial charge in [0, 0.05) is 0 Å². The molecule has 3 heteroatoms. The van der Waals surface area contributed by atoms with E-state index in [4.69, 9.17) is 15.2 Å². The summed E-state index contributed by atoms with van der Waals surface area (Å²) < 4.78 is 10.4. The lowest BCUT2D eigenvalue weighted by Crippen LogP contribution is -2.54. The molecule has 0 unspecified atom stereocenters. The van der Waals surface area contributed by atoms with Crippen LogP contribution in [0, 0.1) is 0 Å². The first-order valence-electron chi connectivity index (χ1n) is 5.66. The zero-order valence-electron chi connectivity index (χ0n) is 9.77. The number of benzene rings is 2. The minimum Gasteiger partial charge on any atom is -0.497 e. The van der Waals surface area contributed by atoms with Gasteiger partial charge in [-0.15, -0.1) is 0 Å². The van der Waals surface area contributed by atoms with Crippen molar-refractivity contribution in [3.05, 3.63) is 42.0 Å². The smallest absolute Gasteiger partial charge is 0.119 e. The lowest BCUT2D eigenvalue weighted by atomic mass is 9.88. The van der Waals surface area contributed by atoms with Crippen LogP contribution in [0.1, 0.15) is 5.56 Å². The molecule has 2 N–H and O–H groups in total. The summed E-state index contributed by atoms with van der Waals surface area (Å²) in [6.45, 7) is 1.21. The number of rotatable bonds is 2. The first kappa shape index (κ1) is 10.6. The molecule has 1 fully saturated rings. The van der Waals surface area contributed by atoms with E-state index in [9.17, 15) is 0 Å². The maximum atomic E-state index is 6.22. The first-order chi connectivity index (χ1) is 8.21. The van der Waals surface area contributed by atoms with Gasteiger partial charge >= 0.3 is 0 Å². The molecule has 1 saturated heterocycles. The van der Waals surface area contributed by atoms with E-state index in [-0.39, 0.29) is 5.54 Å². The van der Waals surface area contributed by atoms with Crippen molar-refractivity contribution in [3.63, 3.8) is 0 Å². The van der Waals surface area contributed by atoms with E-state index in [1.165, 1.54) is 5.39 Å². The molecule has 0 radical (unpaired) electrons. The van der Waals surface area contributed by atoms with E-state index in [1.54, 1.807) is 7.11 Å². The van der Waals surface area contributed by atoms with Crippen LogP contribution in [0.15, 0.2) is 36.4 Å². The van der Waals surface area contributed by atoms with Crippen molar-refractivity contribution < 1.29 is 9.47 Å². The Labute approximate surface area is 100 Å². The van der Waals surface area contributed by atoms with Crippen molar-refractivity contribution in [1.82, 2.24) is 0 Å². The lowest BCUT2D eigenvalue weighted by Gasteiger charge is -2.38. The van der Waals surface area contributed by atoms with E-state index in [2.05, 4.69) is 24.3 Å². The molecule has 0 atom stereocenters. The van der Waals surface area contributed by atoms with E-state index in [0.717, 1.165) is 16.7 Å². The van der Waals surface area contributed by atoms with E-state index in [0.29, 0.717) is 13.2 Å². The van der Waals surface area contributed by atoms with Gasteiger partial charge < -0.3 is 15.2 Å². The van der Waals surface area contributed by atoms with Crippen LogP contribution in [0.3, 0.4) is 0 Å². The zero-order chi connectivity index (χ0) is 11.9. The Bertz CT molecular complexity index is 561. The quantitative estimate of drug-likeness (QED) is 0.857. The van der Waals surface area contributed by atoms with Crippen LogP contribution < -0.4 is 10.5 Å². The maximum absolute atomic E-state index is 6.22. The maximum Gasteiger partial charge on any atom is 0.119 e. The summed E-state index contributed by atoms with van der Waals surface area (Å²) in [6, 6.07) is 12.3. The second-order valence-electron chi connectivity index (χ2n) is 4.58. The minimum absolute atomic E-state index is 0.298. The molecular formula is C14H15NO2. The monoisotopic (exact) mass is 229 g/mol. The van der Waals surface area contributed by atoms with Gasteiger partial charge in [0.05, 0.1) is 25.9 Å². The normalized spacial score (nSPS) is 17.8. The second-order valence-corrected chi connectivity index (χ2v) is 4.58. The molecule has 0 aromatic heterocycles. The SMILES string of the molecule is COc1ccc2cc(C3(N)COC3)ccc2c1. The molecule has 3 rings (SSSR count). The highest BCUT2D eigenvalue weighted by atomic mass is 16.5. The van der Waals surface area contributed by atoms with Crippen LogP contribution in [0.4, 0.5) is 0 Å². The minimum atomic E-state index is -0.298. The molecule has 0 amide bonds. The zero-order valence-corrected chi connectivity index (χ0v) is 9.77. The number of ether oxygens (including phenoxy) is 2. The topological polar surface area (TPSA) is 44.5 Å². The molecule has 0 saturated carbocycles. The van der Waals surface area contributed by atoms with Gasteiger partial charge in [0.1, 0.15) is 5.75 Å². The average molecular weight is 229 g/mol. The molecule has 1 aliphatic heterocycles. The Balaban J connectivity index is 2.07. The van der Waals surface area contributed by atoms with Gasteiger partial charge in [-0.2, -0.15) is 0 Å². The third-order valence-electron chi connectivity index (χ3n) is 3.34. The third kappa shape index (κ3) is 1.68. The Morgan fingerprint density at radius 3 is 2.47 bits per heavy atom.